The maximum absolute atomic E-state index is 13.5. The zero-order chi connectivity index (χ0) is 20.6. The lowest BCUT2D eigenvalue weighted by Gasteiger charge is -2.23. The molecule has 3 aromatic rings. The smallest absolute Gasteiger partial charge is 0.247 e. The summed E-state index contributed by atoms with van der Waals surface area (Å²) in [7, 11) is 1.69. The Hall–Kier alpha value is -2.99. The van der Waals surface area contributed by atoms with Crippen LogP contribution in [0.4, 0.5) is 0 Å². The number of carbonyl (C=O) groups excluding carboxylic acids is 1. The van der Waals surface area contributed by atoms with Gasteiger partial charge in [-0.05, 0) is 30.5 Å². The molecule has 1 amide bonds. The number of hydrogen-bond donors (Lipinski definition) is 0. The first kappa shape index (κ1) is 19.0. The molecule has 5 rings (SSSR count). The minimum absolute atomic E-state index is 0.0227. The number of benzene rings is 2. The van der Waals surface area contributed by atoms with E-state index in [1.165, 1.54) is 0 Å². The summed E-state index contributed by atoms with van der Waals surface area (Å²) in [5.41, 5.74) is 1.65. The second-order valence-electron chi connectivity index (χ2n) is 8.29. The highest BCUT2D eigenvalue weighted by Gasteiger charge is 2.55. The average molecular weight is 403 g/mol. The van der Waals surface area contributed by atoms with Crippen LogP contribution in [-0.2, 0) is 14.9 Å². The van der Waals surface area contributed by atoms with E-state index in [2.05, 4.69) is 22.3 Å². The van der Waals surface area contributed by atoms with Gasteiger partial charge in [0.15, 0.2) is 0 Å². The van der Waals surface area contributed by atoms with Gasteiger partial charge in [0.05, 0.1) is 17.9 Å². The third kappa shape index (κ3) is 3.31. The molecule has 6 heteroatoms. The summed E-state index contributed by atoms with van der Waals surface area (Å²) in [5.74, 6) is 1.41. The summed E-state index contributed by atoms with van der Waals surface area (Å²) in [6, 6.07) is 19.9. The van der Waals surface area contributed by atoms with Crippen molar-refractivity contribution < 1.29 is 13.9 Å². The number of aromatic nitrogens is 2. The number of hydrogen-bond acceptors (Lipinski definition) is 5. The third-order valence-corrected chi connectivity index (χ3v) is 6.37. The Morgan fingerprint density at radius 3 is 2.43 bits per heavy atom. The molecule has 1 saturated heterocycles. The maximum Gasteiger partial charge on any atom is 0.247 e. The first-order valence-electron chi connectivity index (χ1n) is 10.4. The number of methoxy groups -OCH3 is 1. The molecule has 6 nitrogen and oxygen atoms in total. The van der Waals surface area contributed by atoms with Crippen molar-refractivity contribution in [1.82, 2.24) is 15.1 Å². The second-order valence-corrected chi connectivity index (χ2v) is 8.29. The van der Waals surface area contributed by atoms with Crippen LogP contribution in [0, 0.1) is 5.92 Å². The SMILES string of the molecule is COC[C@@H]1CN(C(=O)C2(c3ccccc3)CC2)C[C@H]1c1nnc(-c2ccccc2)o1. The van der Waals surface area contributed by atoms with Crippen LogP contribution in [0.15, 0.2) is 65.1 Å². The normalized spacial score (nSPS) is 22.2. The van der Waals surface area contributed by atoms with Gasteiger partial charge < -0.3 is 14.1 Å². The van der Waals surface area contributed by atoms with E-state index >= 15 is 0 Å². The van der Waals surface area contributed by atoms with E-state index in [4.69, 9.17) is 9.15 Å². The van der Waals surface area contributed by atoms with E-state index in [1.54, 1.807) is 7.11 Å². The van der Waals surface area contributed by atoms with E-state index in [0.29, 0.717) is 31.5 Å². The van der Waals surface area contributed by atoms with Crippen molar-refractivity contribution in [2.45, 2.75) is 24.2 Å². The summed E-state index contributed by atoms with van der Waals surface area (Å²) < 4.78 is 11.5. The van der Waals surface area contributed by atoms with Crippen LogP contribution in [0.3, 0.4) is 0 Å². The highest BCUT2D eigenvalue weighted by atomic mass is 16.5. The Balaban J connectivity index is 1.38. The number of nitrogens with zero attached hydrogens (tertiary/aromatic N) is 3. The summed E-state index contributed by atoms with van der Waals surface area (Å²) in [6.45, 7) is 1.78. The van der Waals surface area contributed by atoms with Crippen molar-refractivity contribution in [3.63, 3.8) is 0 Å². The molecule has 1 aromatic heterocycles. The molecule has 1 saturated carbocycles. The molecule has 0 unspecified atom stereocenters. The minimum Gasteiger partial charge on any atom is -0.420 e. The van der Waals surface area contributed by atoms with E-state index < -0.39 is 0 Å². The van der Waals surface area contributed by atoms with Crippen LogP contribution in [0.2, 0.25) is 0 Å². The predicted octanol–water partition coefficient (Wildman–Crippen LogP) is 3.66. The van der Waals surface area contributed by atoms with Crippen molar-refractivity contribution in [2.75, 3.05) is 26.8 Å². The van der Waals surface area contributed by atoms with Gasteiger partial charge in [0.1, 0.15) is 0 Å². The van der Waals surface area contributed by atoms with Gasteiger partial charge in [0.25, 0.3) is 0 Å². The quantitative estimate of drug-likeness (QED) is 0.628. The first-order valence-corrected chi connectivity index (χ1v) is 10.4. The molecule has 0 spiro atoms. The van der Waals surface area contributed by atoms with Crippen molar-refractivity contribution in [2.24, 2.45) is 5.92 Å². The molecule has 154 valence electrons. The fourth-order valence-electron chi connectivity index (χ4n) is 4.59. The lowest BCUT2D eigenvalue weighted by Crippen LogP contribution is -2.38. The van der Waals surface area contributed by atoms with Gasteiger partial charge in [-0.1, -0.05) is 48.5 Å². The van der Waals surface area contributed by atoms with Crippen molar-refractivity contribution >= 4 is 5.91 Å². The van der Waals surface area contributed by atoms with E-state index in [9.17, 15) is 4.79 Å². The van der Waals surface area contributed by atoms with Crippen molar-refractivity contribution in [1.29, 1.82) is 0 Å². The number of rotatable bonds is 6. The number of ether oxygens (including phenoxy) is 1. The Morgan fingerprint density at radius 2 is 1.77 bits per heavy atom. The molecular formula is C24H25N3O3. The van der Waals surface area contributed by atoms with Gasteiger partial charge in [-0.2, -0.15) is 0 Å². The van der Waals surface area contributed by atoms with Gasteiger partial charge in [0.2, 0.25) is 17.7 Å². The van der Waals surface area contributed by atoms with Gasteiger partial charge in [-0.25, -0.2) is 0 Å². The zero-order valence-corrected chi connectivity index (χ0v) is 17.0. The number of likely N-dealkylation sites (tertiary alicyclic amines) is 1. The van der Waals surface area contributed by atoms with Gasteiger partial charge in [-0.3, -0.25) is 4.79 Å². The lowest BCUT2D eigenvalue weighted by molar-refractivity contribution is -0.133. The molecule has 0 N–H and O–H groups in total. The van der Waals surface area contributed by atoms with Gasteiger partial charge in [-0.15, -0.1) is 10.2 Å². The molecule has 2 fully saturated rings. The molecule has 2 aliphatic rings. The van der Waals surface area contributed by atoms with E-state index in [1.807, 2.05) is 53.4 Å². The van der Waals surface area contributed by atoms with Crippen LogP contribution >= 0.6 is 0 Å². The molecule has 30 heavy (non-hydrogen) atoms. The highest BCUT2D eigenvalue weighted by molar-refractivity contribution is 5.91. The second kappa shape index (κ2) is 7.69. The Kier molecular flexibility index (Phi) is 4.87. The Bertz CT molecular complexity index is 1010. The maximum atomic E-state index is 13.5. The van der Waals surface area contributed by atoms with Crippen molar-refractivity contribution in [3.8, 4) is 11.5 Å². The molecular weight excluding hydrogens is 378 g/mol. The number of carbonyl (C=O) groups is 1. The summed E-state index contributed by atoms with van der Waals surface area (Å²) in [4.78, 5) is 15.5. The van der Waals surface area contributed by atoms with Crippen LogP contribution in [0.1, 0.15) is 30.2 Å². The Labute approximate surface area is 175 Å². The predicted molar refractivity (Wildman–Crippen MR) is 112 cm³/mol. The van der Waals surface area contributed by atoms with Crippen LogP contribution in [0.5, 0.6) is 0 Å². The zero-order valence-electron chi connectivity index (χ0n) is 17.0. The van der Waals surface area contributed by atoms with E-state index in [0.717, 1.165) is 24.0 Å². The number of amides is 1. The largest absolute Gasteiger partial charge is 0.420 e. The Morgan fingerprint density at radius 1 is 1.07 bits per heavy atom. The van der Waals surface area contributed by atoms with Crippen LogP contribution in [-0.4, -0.2) is 47.8 Å². The standard InChI is InChI=1S/C24H25N3O3/c1-29-16-18-14-27(23(28)24(12-13-24)19-10-6-3-7-11-19)15-20(18)22-26-25-21(30-22)17-8-4-2-5-9-17/h2-11,18,20H,12-16H2,1H3/t18-,20+/m0/s1. The molecule has 2 atom stereocenters. The highest BCUT2D eigenvalue weighted by Crippen LogP contribution is 2.50. The third-order valence-electron chi connectivity index (χ3n) is 6.37. The fourth-order valence-corrected chi connectivity index (χ4v) is 4.59. The van der Waals surface area contributed by atoms with E-state index in [-0.39, 0.29) is 23.2 Å². The molecule has 0 radical (unpaired) electrons. The minimum atomic E-state index is -0.363. The summed E-state index contributed by atoms with van der Waals surface area (Å²) in [5, 5.41) is 8.57. The first-order chi connectivity index (χ1) is 14.7. The molecule has 2 aromatic carbocycles. The van der Waals surface area contributed by atoms with Crippen molar-refractivity contribution in [3.05, 3.63) is 72.1 Å². The fraction of sp³-hybridized carbons (Fsp3) is 0.375. The summed E-state index contributed by atoms with van der Waals surface area (Å²) >= 11 is 0. The van der Waals surface area contributed by atoms with Crippen LogP contribution < -0.4 is 0 Å². The molecule has 1 aliphatic heterocycles. The van der Waals surface area contributed by atoms with Gasteiger partial charge in [0, 0.05) is 31.7 Å². The molecule has 1 aliphatic carbocycles. The molecule has 0 bridgehead atoms. The monoisotopic (exact) mass is 403 g/mol. The summed E-state index contributed by atoms with van der Waals surface area (Å²) in [6.07, 6.45) is 1.81. The lowest BCUT2D eigenvalue weighted by atomic mass is 9.94. The average Bonchev–Trinajstić information content (AvgIpc) is 3.27. The topological polar surface area (TPSA) is 68.5 Å². The van der Waals surface area contributed by atoms with Crippen LogP contribution in [0.25, 0.3) is 11.5 Å². The molecule has 2 heterocycles. The van der Waals surface area contributed by atoms with Gasteiger partial charge >= 0.3 is 0 Å².